The molecule has 0 saturated carbocycles. The summed E-state index contributed by atoms with van der Waals surface area (Å²) in [6, 6.07) is 0. The maximum Gasteiger partial charge on any atom is 0.311 e. The predicted octanol–water partition coefficient (Wildman–Crippen LogP) is 2.62. The van der Waals surface area contributed by atoms with Crippen LogP contribution in [0.1, 0.15) is 41.0 Å². The Morgan fingerprint density at radius 1 is 1.42 bits per heavy atom. The summed E-state index contributed by atoms with van der Waals surface area (Å²) in [6.45, 7) is 10.5. The molecule has 0 N–H and O–H groups in total. The van der Waals surface area contributed by atoms with Crippen molar-refractivity contribution < 1.29 is 9.53 Å². The Bertz CT molecular complexity index is 148. The van der Waals surface area contributed by atoms with E-state index >= 15 is 0 Å². The molecule has 0 atom stereocenters. The van der Waals surface area contributed by atoms with Gasteiger partial charge in [-0.3, -0.25) is 4.79 Å². The Morgan fingerprint density at radius 3 is 2.25 bits per heavy atom. The van der Waals surface area contributed by atoms with E-state index in [1.54, 1.807) is 0 Å². The number of rotatable bonds is 4. The van der Waals surface area contributed by atoms with Crippen LogP contribution in [0.15, 0.2) is 0 Å². The van der Waals surface area contributed by atoms with Crippen molar-refractivity contribution >= 4 is 5.97 Å². The van der Waals surface area contributed by atoms with Crippen molar-refractivity contribution in [1.29, 1.82) is 0 Å². The fourth-order valence-electron chi connectivity index (χ4n) is 0.616. The summed E-state index contributed by atoms with van der Waals surface area (Å²) in [5.74, 6) is 0.237. The summed E-state index contributed by atoms with van der Waals surface area (Å²) in [6.07, 6.45) is 0.889. The minimum Gasteiger partial charge on any atom is -0.465 e. The highest BCUT2D eigenvalue weighted by molar-refractivity contribution is 5.76. The molecule has 0 heterocycles. The van der Waals surface area contributed by atoms with Gasteiger partial charge in [0.25, 0.3) is 0 Å². The minimum atomic E-state index is -0.352. The number of esters is 1. The van der Waals surface area contributed by atoms with Gasteiger partial charge in [0.2, 0.25) is 0 Å². The molecule has 0 aliphatic heterocycles. The quantitative estimate of drug-likeness (QED) is 0.609. The van der Waals surface area contributed by atoms with E-state index in [9.17, 15) is 4.79 Å². The van der Waals surface area contributed by atoms with Crippen LogP contribution in [0.5, 0.6) is 0 Å². The van der Waals surface area contributed by atoms with Gasteiger partial charge in [-0.05, 0) is 26.2 Å². The summed E-state index contributed by atoms with van der Waals surface area (Å²) in [5.41, 5.74) is -0.352. The van der Waals surface area contributed by atoms with Gasteiger partial charge in [0.05, 0.1) is 12.0 Å². The third-order valence-electron chi connectivity index (χ3n) is 2.41. The first-order chi connectivity index (χ1) is 5.42. The monoisotopic (exact) mass is 172 g/mol. The van der Waals surface area contributed by atoms with Crippen molar-refractivity contribution in [2.75, 3.05) is 6.61 Å². The number of ether oxygens (including phenoxy) is 1. The van der Waals surface area contributed by atoms with Gasteiger partial charge in [0.15, 0.2) is 0 Å². The summed E-state index contributed by atoms with van der Waals surface area (Å²) >= 11 is 0. The smallest absolute Gasteiger partial charge is 0.311 e. The second kappa shape index (κ2) is 4.48. The highest BCUT2D eigenvalue weighted by Gasteiger charge is 2.32. The lowest BCUT2D eigenvalue weighted by molar-refractivity contribution is -0.156. The van der Waals surface area contributed by atoms with Gasteiger partial charge in [-0.2, -0.15) is 0 Å². The molecule has 0 amide bonds. The molecule has 2 nitrogen and oxygen atoms in total. The molecule has 0 aliphatic carbocycles. The third kappa shape index (κ3) is 2.84. The molecular formula is C10H20O2. The van der Waals surface area contributed by atoms with Crippen molar-refractivity contribution in [3.05, 3.63) is 0 Å². The summed E-state index contributed by atoms with van der Waals surface area (Å²) in [4.78, 5) is 11.4. The summed E-state index contributed by atoms with van der Waals surface area (Å²) in [5, 5.41) is 0. The average molecular weight is 172 g/mol. The second-order valence-corrected chi connectivity index (χ2v) is 4.01. The topological polar surface area (TPSA) is 26.3 Å². The van der Waals surface area contributed by atoms with Crippen LogP contribution >= 0.6 is 0 Å². The molecule has 0 fully saturated rings. The first-order valence-corrected chi connectivity index (χ1v) is 4.60. The normalized spacial score (nSPS) is 11.8. The van der Waals surface area contributed by atoms with Crippen molar-refractivity contribution in [2.45, 2.75) is 41.0 Å². The Balaban J connectivity index is 4.07. The van der Waals surface area contributed by atoms with E-state index < -0.39 is 0 Å². The molecule has 0 spiro atoms. The lowest BCUT2D eigenvalue weighted by atomic mass is 9.81. The zero-order valence-electron chi connectivity index (χ0n) is 8.81. The van der Waals surface area contributed by atoms with Crippen LogP contribution in [0.25, 0.3) is 0 Å². The molecule has 0 aromatic heterocycles. The van der Waals surface area contributed by atoms with E-state index in [0.717, 1.165) is 6.42 Å². The van der Waals surface area contributed by atoms with Gasteiger partial charge in [-0.25, -0.2) is 0 Å². The van der Waals surface area contributed by atoms with Crippen LogP contribution in [-0.4, -0.2) is 12.6 Å². The number of carbonyl (C=O) groups is 1. The highest BCUT2D eigenvalue weighted by Crippen LogP contribution is 2.27. The molecule has 0 bridgehead atoms. The maximum atomic E-state index is 11.4. The molecule has 0 saturated heterocycles. The van der Waals surface area contributed by atoms with E-state index in [-0.39, 0.29) is 11.4 Å². The maximum absolute atomic E-state index is 11.4. The van der Waals surface area contributed by atoms with E-state index in [1.807, 2.05) is 34.6 Å². The number of hydrogen-bond acceptors (Lipinski definition) is 2. The molecule has 0 aromatic rings. The van der Waals surface area contributed by atoms with E-state index in [0.29, 0.717) is 12.5 Å². The fourth-order valence-corrected chi connectivity index (χ4v) is 0.616. The molecule has 72 valence electrons. The standard InChI is InChI=1S/C10H20O2/c1-6-7-12-9(11)10(4,5)8(2)3/h8H,6-7H2,1-5H3. The van der Waals surface area contributed by atoms with Crippen molar-refractivity contribution in [2.24, 2.45) is 11.3 Å². The van der Waals surface area contributed by atoms with Crippen LogP contribution in [0.4, 0.5) is 0 Å². The van der Waals surface area contributed by atoms with Gasteiger partial charge in [0, 0.05) is 0 Å². The lowest BCUT2D eigenvalue weighted by Crippen LogP contribution is -2.31. The Hall–Kier alpha value is -0.530. The van der Waals surface area contributed by atoms with Crippen molar-refractivity contribution in [1.82, 2.24) is 0 Å². The van der Waals surface area contributed by atoms with Gasteiger partial charge in [-0.1, -0.05) is 20.8 Å². The zero-order chi connectivity index (χ0) is 9.78. The van der Waals surface area contributed by atoms with Gasteiger partial charge < -0.3 is 4.74 Å². The minimum absolute atomic E-state index is 0.0839. The van der Waals surface area contributed by atoms with Crippen LogP contribution in [0.2, 0.25) is 0 Å². The largest absolute Gasteiger partial charge is 0.465 e. The number of hydrogen-bond donors (Lipinski definition) is 0. The molecular weight excluding hydrogens is 152 g/mol. The molecule has 2 heteroatoms. The third-order valence-corrected chi connectivity index (χ3v) is 2.41. The van der Waals surface area contributed by atoms with Crippen molar-refractivity contribution in [3.8, 4) is 0 Å². The SMILES string of the molecule is CCCOC(=O)C(C)(C)C(C)C. The second-order valence-electron chi connectivity index (χ2n) is 4.01. The van der Waals surface area contributed by atoms with Crippen LogP contribution in [-0.2, 0) is 9.53 Å². The van der Waals surface area contributed by atoms with Gasteiger partial charge >= 0.3 is 5.97 Å². The first kappa shape index (κ1) is 11.5. The Kier molecular flexibility index (Phi) is 4.29. The molecule has 12 heavy (non-hydrogen) atoms. The van der Waals surface area contributed by atoms with Gasteiger partial charge in [-0.15, -0.1) is 0 Å². The number of carbonyl (C=O) groups excluding carboxylic acids is 1. The molecule has 0 unspecified atom stereocenters. The van der Waals surface area contributed by atoms with E-state index in [2.05, 4.69) is 0 Å². The molecule has 0 radical (unpaired) electrons. The van der Waals surface area contributed by atoms with Crippen LogP contribution in [0.3, 0.4) is 0 Å². The van der Waals surface area contributed by atoms with Gasteiger partial charge in [0.1, 0.15) is 0 Å². The van der Waals surface area contributed by atoms with Crippen LogP contribution in [0, 0.1) is 11.3 Å². The van der Waals surface area contributed by atoms with Crippen molar-refractivity contribution in [3.63, 3.8) is 0 Å². The van der Waals surface area contributed by atoms with E-state index in [4.69, 9.17) is 4.74 Å². The predicted molar refractivity (Wildman–Crippen MR) is 49.9 cm³/mol. The Morgan fingerprint density at radius 2 is 1.92 bits per heavy atom. The molecule has 0 aromatic carbocycles. The Labute approximate surface area is 75.3 Å². The first-order valence-electron chi connectivity index (χ1n) is 4.60. The summed E-state index contributed by atoms with van der Waals surface area (Å²) in [7, 11) is 0. The van der Waals surface area contributed by atoms with E-state index in [1.165, 1.54) is 0 Å². The lowest BCUT2D eigenvalue weighted by Gasteiger charge is -2.26. The zero-order valence-corrected chi connectivity index (χ0v) is 8.81. The van der Waals surface area contributed by atoms with Crippen LogP contribution < -0.4 is 0 Å². The molecule has 0 aliphatic rings. The molecule has 0 rings (SSSR count). The highest BCUT2D eigenvalue weighted by atomic mass is 16.5. The average Bonchev–Trinajstić information content (AvgIpc) is 1.99. The fraction of sp³-hybridized carbons (Fsp3) is 0.900. The summed E-state index contributed by atoms with van der Waals surface area (Å²) < 4.78 is 5.08.